The maximum atomic E-state index is 13.1. The summed E-state index contributed by atoms with van der Waals surface area (Å²) in [6, 6.07) is 0.478. The third-order valence-corrected chi connectivity index (χ3v) is 6.66. The zero-order valence-corrected chi connectivity index (χ0v) is 16.6. The van der Waals surface area contributed by atoms with Crippen molar-refractivity contribution in [3.8, 4) is 0 Å². The van der Waals surface area contributed by atoms with E-state index in [0.717, 1.165) is 57.7 Å². The Bertz CT molecular complexity index is 668. The van der Waals surface area contributed by atoms with Gasteiger partial charge in [0.15, 0.2) is 5.69 Å². The molecule has 2 aliphatic carbocycles. The van der Waals surface area contributed by atoms with Gasteiger partial charge in [0.2, 0.25) is 0 Å². The monoisotopic (exact) mass is 370 g/mol. The highest BCUT2D eigenvalue weighted by molar-refractivity contribution is 5.94. The summed E-state index contributed by atoms with van der Waals surface area (Å²) < 4.78 is 2.02. The zero-order valence-electron chi connectivity index (χ0n) is 16.6. The molecule has 0 radical (unpaired) electrons. The van der Waals surface area contributed by atoms with Crippen LogP contribution in [0.1, 0.15) is 73.1 Å². The number of aromatic nitrogens is 2. The Hall–Kier alpha value is -1.62. The van der Waals surface area contributed by atoms with Crippen LogP contribution in [0.5, 0.6) is 0 Å². The molecule has 1 atom stereocenters. The summed E-state index contributed by atoms with van der Waals surface area (Å²) in [4.78, 5) is 15.0. The molecule has 2 fully saturated rings. The van der Waals surface area contributed by atoms with Crippen LogP contribution >= 0.6 is 0 Å². The number of fused-ring (bicyclic) bond motifs is 1. The maximum absolute atomic E-state index is 13.1. The number of allylic oxidation sites excluding steroid dienone is 1. The molecule has 3 aliphatic rings. The Kier molecular flexibility index (Phi) is 5.96. The summed E-state index contributed by atoms with van der Waals surface area (Å²) in [5.74, 6) is 0.980. The Morgan fingerprint density at radius 1 is 1.15 bits per heavy atom. The first-order valence-corrected chi connectivity index (χ1v) is 11.0. The van der Waals surface area contributed by atoms with Crippen molar-refractivity contribution in [3.05, 3.63) is 29.6 Å². The van der Waals surface area contributed by atoms with Crippen molar-refractivity contribution < 1.29 is 4.79 Å². The van der Waals surface area contributed by atoms with Gasteiger partial charge in [-0.2, -0.15) is 5.10 Å². The lowest BCUT2D eigenvalue weighted by Gasteiger charge is -2.28. The van der Waals surface area contributed by atoms with Crippen LogP contribution < -0.4 is 5.32 Å². The Balaban J connectivity index is 1.47. The first kappa shape index (κ1) is 18.7. The van der Waals surface area contributed by atoms with Crippen molar-refractivity contribution >= 4 is 5.91 Å². The molecule has 1 saturated heterocycles. The molecule has 5 nitrogen and oxygen atoms in total. The predicted molar refractivity (Wildman–Crippen MR) is 108 cm³/mol. The van der Waals surface area contributed by atoms with E-state index in [1.54, 1.807) is 0 Å². The van der Waals surface area contributed by atoms with Gasteiger partial charge in [0.25, 0.3) is 5.91 Å². The van der Waals surface area contributed by atoms with E-state index in [9.17, 15) is 4.79 Å². The van der Waals surface area contributed by atoms with Gasteiger partial charge < -0.3 is 10.2 Å². The highest BCUT2D eigenvalue weighted by Gasteiger charge is 2.31. The number of hydrogen-bond acceptors (Lipinski definition) is 3. The zero-order chi connectivity index (χ0) is 18.6. The average molecular weight is 371 g/mol. The molecule has 4 rings (SSSR count). The minimum atomic E-state index is 0.138. The van der Waals surface area contributed by atoms with E-state index in [0.29, 0.717) is 18.3 Å². The standard InChI is InChI=1S/C22H34N4O/c1-2-12-26-20-11-10-18(23-16-17-8-4-3-5-9-17)15-19(20)21(24-26)22(27)25-13-6-7-14-25/h2,17-18,23H,1,3-16H2. The lowest BCUT2D eigenvalue weighted by atomic mass is 9.87. The molecule has 148 valence electrons. The molecule has 2 heterocycles. The van der Waals surface area contributed by atoms with Gasteiger partial charge in [-0.15, -0.1) is 6.58 Å². The lowest BCUT2D eigenvalue weighted by molar-refractivity contribution is 0.0785. The van der Waals surface area contributed by atoms with E-state index in [2.05, 4.69) is 11.9 Å². The van der Waals surface area contributed by atoms with Crippen molar-refractivity contribution in [1.82, 2.24) is 20.0 Å². The summed E-state index contributed by atoms with van der Waals surface area (Å²) in [5, 5.41) is 8.56. The number of nitrogens with zero attached hydrogens (tertiary/aromatic N) is 3. The molecule has 0 bridgehead atoms. The fourth-order valence-electron chi connectivity index (χ4n) is 5.10. The highest BCUT2D eigenvalue weighted by atomic mass is 16.2. The van der Waals surface area contributed by atoms with Crippen LogP contribution in [0.2, 0.25) is 0 Å². The van der Waals surface area contributed by atoms with Crippen LogP contribution in [0.3, 0.4) is 0 Å². The maximum Gasteiger partial charge on any atom is 0.274 e. The molecule has 27 heavy (non-hydrogen) atoms. The highest BCUT2D eigenvalue weighted by Crippen LogP contribution is 2.28. The first-order valence-electron chi connectivity index (χ1n) is 11.0. The third-order valence-electron chi connectivity index (χ3n) is 6.66. The smallest absolute Gasteiger partial charge is 0.274 e. The lowest BCUT2D eigenvalue weighted by Crippen LogP contribution is -2.39. The van der Waals surface area contributed by atoms with Crippen LogP contribution in [-0.2, 0) is 19.4 Å². The van der Waals surface area contributed by atoms with E-state index < -0.39 is 0 Å². The summed E-state index contributed by atoms with van der Waals surface area (Å²) in [5.41, 5.74) is 3.16. The van der Waals surface area contributed by atoms with Gasteiger partial charge in [0.05, 0.1) is 6.54 Å². The molecule has 1 aromatic heterocycles. The van der Waals surface area contributed by atoms with Crippen LogP contribution in [0.4, 0.5) is 0 Å². The Morgan fingerprint density at radius 3 is 2.67 bits per heavy atom. The van der Waals surface area contributed by atoms with Crippen molar-refractivity contribution in [1.29, 1.82) is 0 Å². The van der Waals surface area contributed by atoms with Crippen LogP contribution in [-0.4, -0.2) is 46.3 Å². The minimum absolute atomic E-state index is 0.138. The number of nitrogens with one attached hydrogen (secondary N) is 1. The van der Waals surface area contributed by atoms with E-state index in [4.69, 9.17) is 5.10 Å². The molecule has 5 heteroatoms. The molecule has 1 aliphatic heterocycles. The first-order chi connectivity index (χ1) is 13.3. The number of carbonyl (C=O) groups excluding carboxylic acids is 1. The van der Waals surface area contributed by atoms with E-state index in [1.807, 2.05) is 15.7 Å². The number of amides is 1. The second-order valence-electron chi connectivity index (χ2n) is 8.60. The number of carbonyl (C=O) groups is 1. The summed E-state index contributed by atoms with van der Waals surface area (Å²) in [7, 11) is 0. The van der Waals surface area contributed by atoms with Crippen LogP contribution in [0.15, 0.2) is 12.7 Å². The predicted octanol–water partition coefficient (Wildman–Crippen LogP) is 3.33. The van der Waals surface area contributed by atoms with Gasteiger partial charge in [-0.3, -0.25) is 9.48 Å². The molecule has 0 spiro atoms. The number of likely N-dealkylation sites (tertiary alicyclic amines) is 1. The molecular weight excluding hydrogens is 336 g/mol. The van der Waals surface area contributed by atoms with Gasteiger partial charge in [-0.05, 0) is 57.4 Å². The average Bonchev–Trinajstić information content (AvgIpc) is 3.36. The SMILES string of the molecule is C=CCn1nc(C(=O)N2CCCC2)c2c1CCC(NCC1CCCCC1)C2. The van der Waals surface area contributed by atoms with Crippen LogP contribution in [0, 0.1) is 5.92 Å². The van der Waals surface area contributed by atoms with Crippen LogP contribution in [0.25, 0.3) is 0 Å². The molecule has 1 saturated carbocycles. The molecule has 1 aromatic rings. The Labute approximate surface area is 163 Å². The summed E-state index contributed by atoms with van der Waals surface area (Å²) in [6.45, 7) is 7.45. The summed E-state index contributed by atoms with van der Waals surface area (Å²) >= 11 is 0. The van der Waals surface area contributed by atoms with Crippen molar-refractivity contribution in [2.24, 2.45) is 5.92 Å². The number of hydrogen-bond donors (Lipinski definition) is 1. The fourth-order valence-corrected chi connectivity index (χ4v) is 5.10. The van der Waals surface area contributed by atoms with Gasteiger partial charge in [-0.1, -0.05) is 25.3 Å². The van der Waals surface area contributed by atoms with E-state index in [1.165, 1.54) is 43.4 Å². The third kappa shape index (κ3) is 4.13. The molecule has 1 unspecified atom stereocenters. The molecule has 1 N–H and O–H groups in total. The van der Waals surface area contributed by atoms with Gasteiger partial charge >= 0.3 is 0 Å². The quantitative estimate of drug-likeness (QED) is 0.782. The summed E-state index contributed by atoms with van der Waals surface area (Å²) in [6.07, 6.45) is 14.1. The van der Waals surface area contributed by atoms with Gasteiger partial charge in [0.1, 0.15) is 0 Å². The second kappa shape index (κ2) is 8.59. The van der Waals surface area contributed by atoms with Gasteiger partial charge in [0, 0.05) is 30.4 Å². The van der Waals surface area contributed by atoms with E-state index >= 15 is 0 Å². The minimum Gasteiger partial charge on any atom is -0.337 e. The van der Waals surface area contributed by atoms with Gasteiger partial charge in [-0.25, -0.2) is 0 Å². The van der Waals surface area contributed by atoms with Crippen molar-refractivity contribution in [3.63, 3.8) is 0 Å². The second-order valence-corrected chi connectivity index (χ2v) is 8.60. The molecule has 0 aromatic carbocycles. The van der Waals surface area contributed by atoms with E-state index in [-0.39, 0.29) is 5.91 Å². The number of rotatable bonds is 6. The normalized spacial score (nSPS) is 23.4. The largest absolute Gasteiger partial charge is 0.337 e. The topological polar surface area (TPSA) is 50.2 Å². The van der Waals surface area contributed by atoms with Crippen molar-refractivity contribution in [2.75, 3.05) is 19.6 Å². The molecular formula is C22H34N4O. The Morgan fingerprint density at radius 2 is 1.93 bits per heavy atom. The van der Waals surface area contributed by atoms with Crippen molar-refractivity contribution in [2.45, 2.75) is 76.8 Å². The molecule has 1 amide bonds. The fraction of sp³-hybridized carbons (Fsp3) is 0.727.